The number of primary amides is 1. The molecule has 0 aromatic heterocycles. The molecule has 2 unspecified atom stereocenters. The number of carbonyl (C=O) groups excluding carboxylic acids is 4. The van der Waals surface area contributed by atoms with Crippen molar-refractivity contribution in [3.8, 4) is 16.9 Å². The van der Waals surface area contributed by atoms with Gasteiger partial charge in [-0.05, 0) is 67.7 Å². The first kappa shape index (κ1) is 28.4. The SMILES string of the molecule is CN(C)[C@@H]1C(O)C(C(N)=O)C(=O)[C@@]2(O)C(=O)C3=C(O)c4c(O)ccc(-c5ccc(NC(=O)CO)cc5)c4C[C@H]3C[C@@H]12. The number of hydrogen-bond acceptors (Lipinski definition) is 10. The Balaban J connectivity index is 1.63. The van der Waals surface area contributed by atoms with Crippen molar-refractivity contribution in [3.05, 3.63) is 53.1 Å². The molecule has 2 amide bonds. The van der Waals surface area contributed by atoms with Gasteiger partial charge in [0.15, 0.2) is 11.4 Å². The number of carbonyl (C=O) groups is 4. The van der Waals surface area contributed by atoms with E-state index in [9.17, 15) is 39.6 Å². The fourth-order valence-electron chi connectivity index (χ4n) is 6.81. The summed E-state index contributed by atoms with van der Waals surface area (Å²) in [6.07, 6.45) is -1.39. The topological polar surface area (TPSA) is 211 Å². The summed E-state index contributed by atoms with van der Waals surface area (Å²) in [7, 11) is 3.18. The molecular weight excluding hydrogens is 534 g/mol. The maximum absolute atomic E-state index is 13.9. The minimum absolute atomic E-state index is 0.0132. The fraction of sp³-hybridized carbons (Fsp3) is 0.379. The molecule has 6 atom stereocenters. The largest absolute Gasteiger partial charge is 0.507 e. The van der Waals surface area contributed by atoms with Crippen LogP contribution in [0.4, 0.5) is 5.69 Å². The third kappa shape index (κ3) is 4.22. The van der Waals surface area contributed by atoms with Crippen molar-refractivity contribution in [2.24, 2.45) is 23.5 Å². The van der Waals surface area contributed by atoms with E-state index >= 15 is 0 Å². The predicted molar refractivity (Wildman–Crippen MR) is 145 cm³/mol. The number of Topliss-reactive ketones (excluding diaryl/α,β-unsaturated/α-hetero) is 2. The van der Waals surface area contributed by atoms with E-state index in [1.54, 1.807) is 44.4 Å². The molecule has 2 aromatic rings. The van der Waals surface area contributed by atoms with Gasteiger partial charge in [-0.25, -0.2) is 0 Å². The van der Waals surface area contributed by atoms with E-state index in [-0.39, 0.29) is 29.7 Å². The van der Waals surface area contributed by atoms with Gasteiger partial charge >= 0.3 is 0 Å². The van der Waals surface area contributed by atoms with Gasteiger partial charge in [-0.2, -0.15) is 0 Å². The van der Waals surface area contributed by atoms with Gasteiger partial charge in [-0.1, -0.05) is 18.2 Å². The lowest BCUT2D eigenvalue weighted by Crippen LogP contribution is -2.73. The lowest BCUT2D eigenvalue weighted by atomic mass is 9.54. The van der Waals surface area contributed by atoms with Crippen LogP contribution in [0.2, 0.25) is 0 Å². The monoisotopic (exact) mass is 565 g/mol. The number of amides is 2. The number of hydrogen-bond donors (Lipinski definition) is 7. The highest BCUT2D eigenvalue weighted by Gasteiger charge is 2.67. The molecule has 0 aliphatic heterocycles. The Morgan fingerprint density at radius 3 is 2.34 bits per heavy atom. The minimum Gasteiger partial charge on any atom is -0.507 e. The van der Waals surface area contributed by atoms with Crippen LogP contribution >= 0.6 is 0 Å². The summed E-state index contributed by atoms with van der Waals surface area (Å²) in [5.41, 5.74) is 4.74. The zero-order chi connectivity index (χ0) is 30.0. The van der Waals surface area contributed by atoms with Crippen molar-refractivity contribution in [2.75, 3.05) is 26.0 Å². The number of rotatable bonds is 5. The van der Waals surface area contributed by atoms with E-state index in [1.165, 1.54) is 11.0 Å². The molecule has 8 N–H and O–H groups in total. The first-order valence-electron chi connectivity index (χ1n) is 13.1. The Bertz CT molecular complexity index is 1500. The molecule has 2 aromatic carbocycles. The summed E-state index contributed by atoms with van der Waals surface area (Å²) in [4.78, 5) is 52.6. The molecule has 3 aliphatic rings. The van der Waals surface area contributed by atoms with Crippen molar-refractivity contribution in [2.45, 2.75) is 30.6 Å². The zero-order valence-electron chi connectivity index (χ0n) is 22.4. The van der Waals surface area contributed by atoms with Gasteiger partial charge < -0.3 is 41.5 Å². The van der Waals surface area contributed by atoms with Crippen LogP contribution in [0, 0.1) is 17.8 Å². The van der Waals surface area contributed by atoms with Gasteiger partial charge in [0, 0.05) is 23.2 Å². The predicted octanol–water partition coefficient (Wildman–Crippen LogP) is -0.273. The van der Waals surface area contributed by atoms with E-state index in [2.05, 4.69) is 5.32 Å². The Kier molecular flexibility index (Phi) is 6.98. The number of benzene rings is 2. The number of aliphatic hydroxyl groups is 4. The number of aliphatic hydroxyl groups excluding tert-OH is 3. The summed E-state index contributed by atoms with van der Waals surface area (Å²) in [5.74, 6) is -8.54. The number of nitrogens with two attached hydrogens (primary N) is 1. The molecule has 2 fully saturated rings. The molecular formula is C29H31N3O9. The van der Waals surface area contributed by atoms with E-state index in [1.807, 2.05) is 0 Å². The van der Waals surface area contributed by atoms with E-state index in [0.717, 1.165) is 0 Å². The Labute approximate surface area is 234 Å². The third-order valence-electron chi connectivity index (χ3n) is 8.60. The highest BCUT2D eigenvalue weighted by atomic mass is 16.3. The van der Waals surface area contributed by atoms with Gasteiger partial charge in [0.2, 0.25) is 17.6 Å². The molecule has 12 heteroatoms. The van der Waals surface area contributed by atoms with Crippen LogP contribution < -0.4 is 11.1 Å². The second-order valence-electron chi connectivity index (χ2n) is 11.1. The van der Waals surface area contributed by atoms with E-state index in [0.29, 0.717) is 22.4 Å². The van der Waals surface area contributed by atoms with Gasteiger partial charge in [0.1, 0.15) is 24.0 Å². The lowest BCUT2D eigenvalue weighted by Gasteiger charge is -2.53. The highest BCUT2D eigenvalue weighted by molar-refractivity contribution is 6.25. The van der Waals surface area contributed by atoms with Crippen molar-refractivity contribution in [1.82, 2.24) is 4.90 Å². The zero-order valence-corrected chi connectivity index (χ0v) is 22.4. The maximum atomic E-state index is 13.9. The molecule has 0 heterocycles. The molecule has 0 saturated heterocycles. The normalized spacial score (nSPS) is 29.1. The van der Waals surface area contributed by atoms with Crippen LogP contribution in [-0.4, -0.2) is 92.3 Å². The maximum Gasteiger partial charge on any atom is 0.250 e. The van der Waals surface area contributed by atoms with Crippen LogP contribution in [0.5, 0.6) is 5.75 Å². The van der Waals surface area contributed by atoms with Crippen LogP contribution in [0.15, 0.2) is 42.0 Å². The molecule has 2 saturated carbocycles. The van der Waals surface area contributed by atoms with E-state index < -0.39 is 71.2 Å². The number of phenols is 1. The van der Waals surface area contributed by atoms with Gasteiger partial charge in [0.05, 0.1) is 11.7 Å². The summed E-state index contributed by atoms with van der Waals surface area (Å²) < 4.78 is 0. The average Bonchev–Trinajstić information content (AvgIpc) is 2.91. The van der Waals surface area contributed by atoms with Crippen LogP contribution in [0.25, 0.3) is 16.9 Å². The summed E-state index contributed by atoms with van der Waals surface area (Å²) in [6.45, 7) is -0.669. The summed E-state index contributed by atoms with van der Waals surface area (Å²) in [6, 6.07) is 8.71. The van der Waals surface area contributed by atoms with Crippen molar-refractivity contribution in [3.63, 3.8) is 0 Å². The van der Waals surface area contributed by atoms with E-state index in [4.69, 9.17) is 10.8 Å². The van der Waals surface area contributed by atoms with Crippen molar-refractivity contribution in [1.29, 1.82) is 0 Å². The van der Waals surface area contributed by atoms with Gasteiger partial charge in [-0.15, -0.1) is 0 Å². The molecule has 5 rings (SSSR count). The van der Waals surface area contributed by atoms with Crippen LogP contribution in [-0.2, 0) is 25.6 Å². The van der Waals surface area contributed by atoms with Crippen LogP contribution in [0.1, 0.15) is 17.5 Å². The first-order valence-corrected chi connectivity index (χ1v) is 13.1. The fourth-order valence-corrected chi connectivity index (χ4v) is 6.81. The number of aromatic hydroxyl groups is 1. The lowest BCUT2D eigenvalue weighted by molar-refractivity contribution is -0.184. The van der Waals surface area contributed by atoms with Crippen LogP contribution in [0.3, 0.4) is 0 Å². The number of ketones is 2. The average molecular weight is 566 g/mol. The number of nitrogens with zero attached hydrogens (tertiary/aromatic N) is 1. The van der Waals surface area contributed by atoms with Crippen molar-refractivity contribution >= 4 is 34.8 Å². The molecule has 0 bridgehead atoms. The molecule has 3 aliphatic carbocycles. The Hall–Kier alpha value is -4.10. The summed E-state index contributed by atoms with van der Waals surface area (Å²) in [5, 5.41) is 56.3. The molecule has 216 valence electrons. The second kappa shape index (κ2) is 10.1. The number of nitrogens with one attached hydrogen (secondary N) is 1. The standard InChI is InChI=1S/C29H31N3O9/c1-32(2)23-17-10-13-9-16-15(12-3-5-14(6-4-12)31-19(35)11-33)7-8-18(34)21(16)24(36)20(13)26(38)29(17,41)27(39)22(25(23)37)28(30)40/h3-8,13,17,22-23,25,33-34,36-37,41H,9-11H2,1-2H3,(H2,30,40)(H,31,35)/t13-,17-,22?,23-,25?,29-/m0/s1. The molecule has 0 radical (unpaired) electrons. The molecule has 41 heavy (non-hydrogen) atoms. The number of phenolic OH excluding ortho intramolecular Hbond substituents is 1. The highest BCUT2D eigenvalue weighted by Crippen LogP contribution is 2.53. The molecule has 12 nitrogen and oxygen atoms in total. The Morgan fingerprint density at radius 2 is 1.76 bits per heavy atom. The summed E-state index contributed by atoms with van der Waals surface area (Å²) >= 11 is 0. The number of anilines is 1. The smallest absolute Gasteiger partial charge is 0.250 e. The quantitative estimate of drug-likeness (QED) is 0.236. The minimum atomic E-state index is -2.72. The Morgan fingerprint density at radius 1 is 1.10 bits per heavy atom. The van der Waals surface area contributed by atoms with Crippen molar-refractivity contribution < 1.29 is 44.7 Å². The molecule has 0 spiro atoms. The van der Waals surface area contributed by atoms with Gasteiger partial charge in [-0.3, -0.25) is 19.2 Å². The first-order chi connectivity index (χ1) is 19.3. The number of likely N-dealkylation sites (N-methyl/N-ethyl adjacent to an activating group) is 1. The third-order valence-corrected chi connectivity index (χ3v) is 8.60. The number of fused-ring (bicyclic) bond motifs is 3. The second-order valence-corrected chi connectivity index (χ2v) is 11.1. The van der Waals surface area contributed by atoms with Gasteiger partial charge in [0.25, 0.3) is 0 Å².